The van der Waals surface area contributed by atoms with Crippen LogP contribution in [0.3, 0.4) is 0 Å². The van der Waals surface area contributed by atoms with Crippen molar-refractivity contribution < 1.29 is 0 Å². The summed E-state index contributed by atoms with van der Waals surface area (Å²) in [7, 11) is 0. The van der Waals surface area contributed by atoms with Gasteiger partial charge in [0.15, 0.2) is 0 Å². The Morgan fingerprint density at radius 2 is 2.09 bits per heavy atom. The Labute approximate surface area is 70.4 Å². The summed E-state index contributed by atoms with van der Waals surface area (Å²) in [5.74, 6) is 2.68. The van der Waals surface area contributed by atoms with Gasteiger partial charge in [-0.2, -0.15) is 0 Å². The molecule has 0 radical (unpaired) electrons. The summed E-state index contributed by atoms with van der Waals surface area (Å²) in [6.07, 6.45) is 3.94. The van der Waals surface area contributed by atoms with Crippen LogP contribution in [0.2, 0.25) is 0 Å². The van der Waals surface area contributed by atoms with Crippen LogP contribution in [-0.2, 0) is 0 Å². The molecule has 0 spiro atoms. The molecule has 1 saturated carbocycles. The van der Waals surface area contributed by atoms with E-state index in [1.54, 1.807) is 0 Å². The van der Waals surface area contributed by atoms with Crippen LogP contribution in [0.25, 0.3) is 0 Å². The molecular formula is C10H21N. The van der Waals surface area contributed by atoms with E-state index in [2.05, 4.69) is 20.8 Å². The lowest BCUT2D eigenvalue weighted by Gasteiger charge is -2.08. The lowest BCUT2D eigenvalue weighted by molar-refractivity contribution is 0.469. The monoisotopic (exact) mass is 155 g/mol. The summed E-state index contributed by atoms with van der Waals surface area (Å²) in [4.78, 5) is 0. The van der Waals surface area contributed by atoms with Gasteiger partial charge in [-0.25, -0.2) is 0 Å². The average Bonchev–Trinajstić information content (AvgIpc) is 2.65. The number of nitrogens with two attached hydrogens (primary N) is 1. The van der Waals surface area contributed by atoms with Crippen LogP contribution >= 0.6 is 0 Å². The van der Waals surface area contributed by atoms with Gasteiger partial charge in [0.05, 0.1) is 0 Å². The van der Waals surface area contributed by atoms with Crippen molar-refractivity contribution in [3.63, 3.8) is 0 Å². The van der Waals surface area contributed by atoms with Crippen molar-refractivity contribution in [2.24, 2.45) is 23.5 Å². The zero-order valence-electron chi connectivity index (χ0n) is 8.01. The summed E-state index contributed by atoms with van der Waals surface area (Å²) in [6.45, 7) is 6.79. The highest BCUT2D eigenvalue weighted by Crippen LogP contribution is 2.45. The van der Waals surface area contributed by atoms with Crippen LogP contribution in [0.15, 0.2) is 0 Å². The second kappa shape index (κ2) is 3.57. The molecule has 0 aliphatic heterocycles. The molecule has 1 nitrogen and oxygen atoms in total. The molecule has 0 bridgehead atoms. The smallest absolute Gasteiger partial charge is 0.00672 e. The first kappa shape index (κ1) is 9.05. The van der Waals surface area contributed by atoms with Gasteiger partial charge < -0.3 is 5.73 Å². The van der Waals surface area contributed by atoms with E-state index in [0.717, 1.165) is 24.2 Å². The topological polar surface area (TPSA) is 26.0 Å². The second-order valence-corrected chi connectivity index (χ2v) is 4.36. The SMILES string of the molecule is CCC(N)C1CC1CC(C)C. The number of hydrogen-bond donors (Lipinski definition) is 1. The second-order valence-electron chi connectivity index (χ2n) is 4.36. The van der Waals surface area contributed by atoms with Crippen LogP contribution in [0.4, 0.5) is 0 Å². The molecular weight excluding hydrogens is 134 g/mol. The van der Waals surface area contributed by atoms with Crippen LogP contribution < -0.4 is 5.73 Å². The first-order chi connectivity index (χ1) is 5.15. The fourth-order valence-corrected chi connectivity index (χ4v) is 1.97. The van der Waals surface area contributed by atoms with Gasteiger partial charge >= 0.3 is 0 Å². The standard InChI is InChI=1S/C10H21N/c1-4-10(11)9-6-8(9)5-7(2)3/h7-10H,4-6,11H2,1-3H3. The Bertz CT molecular complexity index is 120. The van der Waals surface area contributed by atoms with Gasteiger partial charge in [-0.3, -0.25) is 0 Å². The summed E-state index contributed by atoms with van der Waals surface area (Å²) >= 11 is 0. The highest BCUT2D eigenvalue weighted by Gasteiger charge is 2.40. The molecule has 0 saturated heterocycles. The van der Waals surface area contributed by atoms with E-state index in [4.69, 9.17) is 5.73 Å². The first-order valence-electron chi connectivity index (χ1n) is 4.90. The maximum Gasteiger partial charge on any atom is 0.00672 e. The molecule has 0 heterocycles. The molecule has 3 unspecified atom stereocenters. The van der Waals surface area contributed by atoms with Crippen molar-refractivity contribution in [1.29, 1.82) is 0 Å². The third-order valence-electron chi connectivity index (χ3n) is 2.77. The average molecular weight is 155 g/mol. The molecule has 11 heavy (non-hydrogen) atoms. The lowest BCUT2D eigenvalue weighted by atomic mass is 10.0. The third kappa shape index (κ3) is 2.48. The zero-order chi connectivity index (χ0) is 8.43. The summed E-state index contributed by atoms with van der Waals surface area (Å²) in [5, 5.41) is 0. The van der Waals surface area contributed by atoms with Crippen LogP contribution in [-0.4, -0.2) is 6.04 Å². The van der Waals surface area contributed by atoms with Gasteiger partial charge in [-0.15, -0.1) is 0 Å². The third-order valence-corrected chi connectivity index (χ3v) is 2.77. The molecule has 1 fully saturated rings. The molecule has 2 N–H and O–H groups in total. The molecule has 3 atom stereocenters. The maximum absolute atomic E-state index is 5.94. The minimum Gasteiger partial charge on any atom is -0.327 e. The van der Waals surface area contributed by atoms with E-state index in [0.29, 0.717) is 6.04 Å². The number of rotatable bonds is 4. The van der Waals surface area contributed by atoms with Gasteiger partial charge in [-0.1, -0.05) is 20.8 Å². The van der Waals surface area contributed by atoms with Crippen LogP contribution in [0.1, 0.15) is 40.0 Å². The molecule has 1 rings (SSSR count). The summed E-state index contributed by atoms with van der Waals surface area (Å²) in [6, 6.07) is 0.485. The largest absolute Gasteiger partial charge is 0.327 e. The van der Waals surface area contributed by atoms with E-state index in [-0.39, 0.29) is 0 Å². The van der Waals surface area contributed by atoms with E-state index < -0.39 is 0 Å². The van der Waals surface area contributed by atoms with E-state index in [9.17, 15) is 0 Å². The van der Waals surface area contributed by atoms with Gasteiger partial charge in [0.2, 0.25) is 0 Å². The van der Waals surface area contributed by atoms with Crippen molar-refractivity contribution in [2.45, 2.75) is 46.1 Å². The predicted octanol–water partition coefficient (Wildman–Crippen LogP) is 2.41. The van der Waals surface area contributed by atoms with Gasteiger partial charge in [0.25, 0.3) is 0 Å². The Hall–Kier alpha value is -0.0400. The van der Waals surface area contributed by atoms with E-state index in [1.807, 2.05) is 0 Å². The highest BCUT2D eigenvalue weighted by molar-refractivity contribution is 4.92. The Morgan fingerprint density at radius 1 is 1.45 bits per heavy atom. The molecule has 66 valence electrons. The van der Waals surface area contributed by atoms with Gasteiger partial charge in [0, 0.05) is 6.04 Å². The molecule has 0 amide bonds. The Morgan fingerprint density at radius 3 is 2.55 bits per heavy atom. The molecule has 1 aliphatic rings. The predicted molar refractivity (Wildman–Crippen MR) is 49.3 cm³/mol. The fraction of sp³-hybridized carbons (Fsp3) is 1.00. The minimum absolute atomic E-state index is 0.485. The van der Waals surface area contributed by atoms with Crippen molar-refractivity contribution in [1.82, 2.24) is 0 Å². The molecule has 1 heteroatoms. The normalized spacial score (nSPS) is 32.5. The van der Waals surface area contributed by atoms with Crippen molar-refractivity contribution in [2.75, 3.05) is 0 Å². The van der Waals surface area contributed by atoms with Crippen LogP contribution in [0.5, 0.6) is 0 Å². The molecule has 1 aliphatic carbocycles. The Kier molecular flexibility index (Phi) is 2.94. The van der Waals surface area contributed by atoms with Crippen molar-refractivity contribution >= 4 is 0 Å². The molecule has 0 aromatic carbocycles. The zero-order valence-corrected chi connectivity index (χ0v) is 8.01. The van der Waals surface area contributed by atoms with Crippen molar-refractivity contribution in [3.05, 3.63) is 0 Å². The minimum atomic E-state index is 0.485. The Balaban J connectivity index is 2.15. The summed E-state index contributed by atoms with van der Waals surface area (Å²) in [5.41, 5.74) is 5.94. The highest BCUT2D eigenvalue weighted by atomic mass is 14.7. The van der Waals surface area contributed by atoms with Gasteiger partial charge in [0.1, 0.15) is 0 Å². The molecule has 0 aromatic rings. The van der Waals surface area contributed by atoms with Crippen LogP contribution in [0, 0.1) is 17.8 Å². The van der Waals surface area contributed by atoms with Crippen molar-refractivity contribution in [3.8, 4) is 0 Å². The summed E-state index contributed by atoms with van der Waals surface area (Å²) < 4.78 is 0. The first-order valence-corrected chi connectivity index (χ1v) is 4.90. The van der Waals surface area contributed by atoms with E-state index in [1.165, 1.54) is 12.8 Å². The lowest BCUT2D eigenvalue weighted by Crippen LogP contribution is -2.22. The molecule has 0 aromatic heterocycles. The quantitative estimate of drug-likeness (QED) is 0.663. The number of hydrogen-bond acceptors (Lipinski definition) is 1. The van der Waals surface area contributed by atoms with E-state index >= 15 is 0 Å². The van der Waals surface area contributed by atoms with Gasteiger partial charge in [-0.05, 0) is 37.0 Å². The fourth-order valence-electron chi connectivity index (χ4n) is 1.97. The maximum atomic E-state index is 5.94.